The van der Waals surface area contributed by atoms with Crippen LogP contribution >= 0.6 is 0 Å². The van der Waals surface area contributed by atoms with Crippen LogP contribution in [0, 0.1) is 0 Å². The van der Waals surface area contributed by atoms with Gasteiger partial charge in [-0.2, -0.15) is 0 Å². The number of nitrogens with one attached hydrogen (secondary N) is 2. The molecule has 0 aliphatic heterocycles. The van der Waals surface area contributed by atoms with Gasteiger partial charge in [0.1, 0.15) is 5.69 Å². The number of hydrogen-bond donors (Lipinski definition) is 2. The molecule has 0 saturated heterocycles. The Labute approximate surface area is 162 Å². The summed E-state index contributed by atoms with van der Waals surface area (Å²) in [5, 5.41) is 7.46. The van der Waals surface area contributed by atoms with Crippen molar-refractivity contribution in [2.45, 2.75) is 18.8 Å². The molecule has 1 aliphatic rings. The highest BCUT2D eigenvalue weighted by Gasteiger charge is 2.29. The van der Waals surface area contributed by atoms with Crippen molar-refractivity contribution in [1.29, 1.82) is 0 Å². The van der Waals surface area contributed by atoms with Crippen molar-refractivity contribution < 1.29 is 17.7 Å². The van der Waals surface area contributed by atoms with E-state index in [9.17, 15) is 13.2 Å². The number of hydrogen-bond acceptors (Lipinski definition) is 6. The molecule has 3 aromatic rings. The van der Waals surface area contributed by atoms with E-state index < -0.39 is 10.0 Å². The normalized spacial score (nSPS) is 14.3. The van der Waals surface area contributed by atoms with Gasteiger partial charge in [0.05, 0.1) is 17.2 Å². The maximum atomic E-state index is 12.9. The monoisotopic (exact) mass is 400 g/mol. The molecule has 2 aromatic heterocycles. The van der Waals surface area contributed by atoms with Crippen LogP contribution in [0.25, 0.3) is 22.4 Å². The number of benzene rings is 1. The second-order valence-electron chi connectivity index (χ2n) is 6.87. The first-order valence-corrected chi connectivity index (χ1v) is 10.9. The Bertz CT molecular complexity index is 1120. The van der Waals surface area contributed by atoms with Crippen LogP contribution in [0.2, 0.25) is 0 Å². The van der Waals surface area contributed by atoms with Crippen LogP contribution < -0.4 is 10.0 Å². The lowest BCUT2D eigenvalue weighted by Gasteiger charge is -2.09. The van der Waals surface area contributed by atoms with Gasteiger partial charge in [0.15, 0.2) is 0 Å². The molecule has 4 rings (SSSR count). The maximum absolute atomic E-state index is 12.9. The van der Waals surface area contributed by atoms with Gasteiger partial charge in [0, 0.05) is 30.3 Å². The van der Waals surface area contributed by atoms with Gasteiger partial charge in [-0.05, 0) is 18.9 Å². The largest absolute Gasteiger partial charge is 0.351 e. The van der Waals surface area contributed by atoms with Gasteiger partial charge in [0.25, 0.3) is 11.6 Å². The Hall–Kier alpha value is -2.78. The third-order valence-corrected chi connectivity index (χ3v) is 5.26. The highest BCUT2D eigenvalue weighted by Crippen LogP contribution is 2.41. The standard InChI is InChI=1S/C19H20N4O4S/c1-28(25,26)21-10-9-20-18(24)14-11-15(12-7-8-12)22-19-16(14)17(23-27-19)13-5-3-2-4-6-13/h2-6,11-12,21H,7-10H2,1H3,(H,20,24). The summed E-state index contributed by atoms with van der Waals surface area (Å²) < 4.78 is 30.1. The first-order valence-electron chi connectivity index (χ1n) is 9.01. The molecule has 28 heavy (non-hydrogen) atoms. The smallest absolute Gasteiger partial charge is 0.259 e. The highest BCUT2D eigenvalue weighted by molar-refractivity contribution is 7.88. The van der Waals surface area contributed by atoms with Crippen LogP contribution in [-0.4, -0.2) is 43.8 Å². The zero-order valence-corrected chi connectivity index (χ0v) is 16.1. The number of carbonyl (C=O) groups is 1. The first-order chi connectivity index (χ1) is 13.4. The average Bonchev–Trinajstić information content (AvgIpc) is 3.43. The number of aromatic nitrogens is 2. The Morgan fingerprint density at radius 1 is 1.21 bits per heavy atom. The van der Waals surface area contributed by atoms with E-state index in [0.29, 0.717) is 28.3 Å². The summed E-state index contributed by atoms with van der Waals surface area (Å²) >= 11 is 0. The van der Waals surface area contributed by atoms with Crippen LogP contribution in [0.3, 0.4) is 0 Å². The first kappa shape index (κ1) is 18.6. The van der Waals surface area contributed by atoms with E-state index in [1.807, 2.05) is 30.3 Å². The summed E-state index contributed by atoms with van der Waals surface area (Å²) in [6.45, 7) is 0.282. The average molecular weight is 400 g/mol. The number of pyridine rings is 1. The summed E-state index contributed by atoms with van der Waals surface area (Å²) in [6, 6.07) is 11.3. The van der Waals surface area contributed by atoms with Crippen LogP contribution in [0.4, 0.5) is 0 Å². The van der Waals surface area contributed by atoms with E-state index in [1.165, 1.54) is 0 Å². The fourth-order valence-corrected chi connectivity index (χ4v) is 3.51. The highest BCUT2D eigenvalue weighted by atomic mass is 32.2. The molecular weight excluding hydrogens is 380 g/mol. The lowest BCUT2D eigenvalue weighted by atomic mass is 10.0. The molecule has 9 heteroatoms. The van der Waals surface area contributed by atoms with Crippen molar-refractivity contribution >= 4 is 27.0 Å². The van der Waals surface area contributed by atoms with Gasteiger partial charge < -0.3 is 9.84 Å². The number of nitrogens with zero attached hydrogens (tertiary/aromatic N) is 2. The molecule has 1 amide bonds. The molecule has 1 saturated carbocycles. The summed E-state index contributed by atoms with van der Waals surface area (Å²) in [6.07, 6.45) is 3.15. The fourth-order valence-electron chi connectivity index (χ4n) is 3.04. The molecule has 0 spiro atoms. The number of rotatable bonds is 7. The van der Waals surface area contributed by atoms with Gasteiger partial charge in [-0.15, -0.1) is 0 Å². The number of carbonyl (C=O) groups excluding carboxylic acids is 1. The summed E-state index contributed by atoms with van der Waals surface area (Å²) in [4.78, 5) is 17.4. The topological polar surface area (TPSA) is 114 Å². The van der Waals surface area contributed by atoms with Crippen molar-refractivity contribution in [3.63, 3.8) is 0 Å². The second-order valence-corrected chi connectivity index (χ2v) is 8.70. The van der Waals surface area contributed by atoms with Crippen molar-refractivity contribution in [2.24, 2.45) is 0 Å². The second kappa shape index (κ2) is 7.33. The Balaban J connectivity index is 1.68. The van der Waals surface area contributed by atoms with Crippen molar-refractivity contribution in [2.75, 3.05) is 19.3 Å². The summed E-state index contributed by atoms with van der Waals surface area (Å²) in [5.74, 6) is 0.0260. The minimum absolute atomic E-state index is 0.115. The Morgan fingerprint density at radius 2 is 1.96 bits per heavy atom. The SMILES string of the molecule is CS(=O)(=O)NCCNC(=O)c1cc(C2CC2)nc2onc(-c3ccccc3)c12. The van der Waals surface area contributed by atoms with Crippen molar-refractivity contribution in [1.82, 2.24) is 20.2 Å². The molecule has 1 fully saturated rings. The summed E-state index contributed by atoms with van der Waals surface area (Å²) in [7, 11) is -3.30. The Kier molecular flexibility index (Phi) is 4.86. The fraction of sp³-hybridized carbons (Fsp3) is 0.316. The predicted octanol–water partition coefficient (Wildman–Crippen LogP) is 2.05. The van der Waals surface area contributed by atoms with Gasteiger partial charge in [-0.1, -0.05) is 35.5 Å². The van der Waals surface area contributed by atoms with Crippen LogP contribution in [0.15, 0.2) is 40.9 Å². The molecule has 0 unspecified atom stereocenters. The predicted molar refractivity (Wildman–Crippen MR) is 104 cm³/mol. The summed E-state index contributed by atoms with van der Waals surface area (Å²) in [5.41, 5.74) is 2.98. The molecule has 1 aliphatic carbocycles. The molecule has 146 valence electrons. The van der Waals surface area contributed by atoms with Crippen LogP contribution in [-0.2, 0) is 10.0 Å². The van der Waals surface area contributed by atoms with Crippen LogP contribution in [0.5, 0.6) is 0 Å². The third kappa shape index (κ3) is 4.05. The van der Waals surface area contributed by atoms with Gasteiger partial charge in [0.2, 0.25) is 10.0 Å². The number of fused-ring (bicyclic) bond motifs is 1. The van der Waals surface area contributed by atoms with E-state index in [0.717, 1.165) is 30.4 Å². The van der Waals surface area contributed by atoms with Gasteiger partial charge >= 0.3 is 0 Å². The van der Waals surface area contributed by atoms with E-state index in [4.69, 9.17) is 4.52 Å². The maximum Gasteiger partial charge on any atom is 0.259 e. The molecule has 0 atom stereocenters. The molecule has 2 heterocycles. The molecule has 0 radical (unpaired) electrons. The molecule has 1 aromatic carbocycles. The quantitative estimate of drug-likeness (QED) is 0.587. The van der Waals surface area contributed by atoms with Gasteiger partial charge in [-0.25, -0.2) is 18.1 Å². The Morgan fingerprint density at radius 3 is 2.64 bits per heavy atom. The van der Waals surface area contributed by atoms with Gasteiger partial charge in [-0.3, -0.25) is 4.79 Å². The van der Waals surface area contributed by atoms with Crippen molar-refractivity contribution in [3.8, 4) is 11.3 Å². The van der Waals surface area contributed by atoms with E-state index in [2.05, 4.69) is 20.2 Å². The molecule has 2 N–H and O–H groups in total. The zero-order valence-electron chi connectivity index (χ0n) is 15.3. The van der Waals surface area contributed by atoms with Crippen molar-refractivity contribution in [3.05, 3.63) is 47.7 Å². The minimum Gasteiger partial charge on any atom is -0.351 e. The number of sulfonamides is 1. The van der Waals surface area contributed by atoms with E-state index in [1.54, 1.807) is 6.07 Å². The third-order valence-electron chi connectivity index (χ3n) is 4.53. The van der Waals surface area contributed by atoms with Crippen LogP contribution in [0.1, 0.15) is 34.8 Å². The lowest BCUT2D eigenvalue weighted by Crippen LogP contribution is -2.34. The lowest BCUT2D eigenvalue weighted by molar-refractivity contribution is 0.0955. The van der Waals surface area contributed by atoms with E-state index >= 15 is 0 Å². The molecule has 8 nitrogen and oxygen atoms in total. The molecular formula is C19H20N4O4S. The molecule has 0 bridgehead atoms. The number of amides is 1. The minimum atomic E-state index is -3.30. The zero-order chi connectivity index (χ0) is 19.7. The van der Waals surface area contributed by atoms with E-state index in [-0.39, 0.29) is 19.0 Å².